The summed E-state index contributed by atoms with van der Waals surface area (Å²) in [6.45, 7) is 1.42. The first-order valence-electron chi connectivity index (χ1n) is 7.16. The van der Waals surface area contributed by atoms with Gasteiger partial charge in [0.15, 0.2) is 0 Å². The Bertz CT molecular complexity index is 517. The zero-order valence-corrected chi connectivity index (χ0v) is 11.5. The maximum absolute atomic E-state index is 12.4. The minimum Gasteiger partial charge on any atom is -0.349 e. The number of carbonyl (C=O) groups is 2. The number of amides is 2. The van der Waals surface area contributed by atoms with Gasteiger partial charge in [-0.15, -0.1) is 0 Å². The molecular formula is C15H19N3O2. The topological polar surface area (TPSA) is 62.3 Å². The van der Waals surface area contributed by atoms with E-state index in [4.69, 9.17) is 0 Å². The van der Waals surface area contributed by atoms with Crippen LogP contribution in [-0.4, -0.2) is 40.3 Å². The Morgan fingerprint density at radius 3 is 3.00 bits per heavy atom. The van der Waals surface area contributed by atoms with Crippen LogP contribution < -0.4 is 5.32 Å². The lowest BCUT2D eigenvalue weighted by molar-refractivity contribution is -0.133. The molecule has 2 saturated heterocycles. The van der Waals surface area contributed by atoms with Crippen molar-refractivity contribution in [3.63, 3.8) is 0 Å². The smallest absolute Gasteiger partial charge is 0.228 e. The molecule has 3 heterocycles. The molecule has 1 spiro atoms. The maximum Gasteiger partial charge on any atom is 0.228 e. The molecule has 1 aromatic rings. The number of aromatic nitrogens is 1. The summed E-state index contributed by atoms with van der Waals surface area (Å²) < 4.78 is 0. The first-order chi connectivity index (χ1) is 9.67. The van der Waals surface area contributed by atoms with Gasteiger partial charge in [0.2, 0.25) is 11.8 Å². The van der Waals surface area contributed by atoms with Crippen molar-refractivity contribution in [1.29, 1.82) is 0 Å². The lowest BCUT2D eigenvalue weighted by atomic mass is 9.87. The number of piperidine rings is 1. The van der Waals surface area contributed by atoms with E-state index in [1.807, 2.05) is 23.1 Å². The molecule has 0 bridgehead atoms. The van der Waals surface area contributed by atoms with Crippen LogP contribution in [-0.2, 0) is 16.0 Å². The Morgan fingerprint density at radius 2 is 2.30 bits per heavy atom. The predicted molar refractivity (Wildman–Crippen MR) is 73.9 cm³/mol. The second-order valence-corrected chi connectivity index (χ2v) is 5.75. The quantitative estimate of drug-likeness (QED) is 0.870. The standard InChI is InChI=1S/C15H19N3O2/c19-13-5-7-15(17-13)6-3-9-18(11-15)14(20)10-12-4-1-2-8-16-12/h1-2,4,8H,3,5-7,9-11H2,(H,17,19). The van der Waals surface area contributed by atoms with Crippen LogP contribution in [0.1, 0.15) is 31.4 Å². The zero-order valence-electron chi connectivity index (χ0n) is 11.5. The van der Waals surface area contributed by atoms with Crippen LogP contribution in [0.25, 0.3) is 0 Å². The lowest BCUT2D eigenvalue weighted by Gasteiger charge is -2.40. The van der Waals surface area contributed by atoms with Gasteiger partial charge in [-0.05, 0) is 31.4 Å². The number of hydrogen-bond donors (Lipinski definition) is 1. The molecule has 0 saturated carbocycles. The SMILES string of the molecule is O=C1CCC2(CCCN(C(=O)Cc3ccccn3)C2)N1. The summed E-state index contributed by atoms with van der Waals surface area (Å²) in [4.78, 5) is 29.9. The molecule has 0 aromatic carbocycles. The second kappa shape index (κ2) is 5.23. The van der Waals surface area contributed by atoms with E-state index in [0.717, 1.165) is 31.5 Å². The van der Waals surface area contributed by atoms with Crippen molar-refractivity contribution in [2.45, 2.75) is 37.6 Å². The maximum atomic E-state index is 12.4. The fourth-order valence-electron chi connectivity index (χ4n) is 3.19. The van der Waals surface area contributed by atoms with E-state index in [1.54, 1.807) is 6.20 Å². The van der Waals surface area contributed by atoms with E-state index in [2.05, 4.69) is 10.3 Å². The monoisotopic (exact) mass is 273 g/mol. The molecule has 1 aromatic heterocycles. The number of pyridine rings is 1. The Kier molecular flexibility index (Phi) is 3.42. The number of carbonyl (C=O) groups excluding carboxylic acids is 2. The summed E-state index contributed by atoms with van der Waals surface area (Å²) >= 11 is 0. The molecule has 2 aliphatic heterocycles. The average Bonchev–Trinajstić information content (AvgIpc) is 2.80. The first-order valence-corrected chi connectivity index (χ1v) is 7.16. The number of hydrogen-bond acceptors (Lipinski definition) is 3. The van der Waals surface area contributed by atoms with Crippen LogP contribution in [0.2, 0.25) is 0 Å². The third-order valence-corrected chi connectivity index (χ3v) is 4.22. The molecule has 1 unspecified atom stereocenters. The highest BCUT2D eigenvalue weighted by molar-refractivity contribution is 5.81. The van der Waals surface area contributed by atoms with Gasteiger partial charge in [0, 0.05) is 31.4 Å². The molecule has 1 atom stereocenters. The van der Waals surface area contributed by atoms with E-state index in [0.29, 0.717) is 19.4 Å². The highest BCUT2D eigenvalue weighted by atomic mass is 16.2. The summed E-state index contributed by atoms with van der Waals surface area (Å²) in [5.74, 6) is 0.216. The number of likely N-dealkylation sites (tertiary alicyclic amines) is 1. The third kappa shape index (κ3) is 2.66. The Labute approximate surface area is 118 Å². The molecule has 1 N–H and O–H groups in total. The van der Waals surface area contributed by atoms with Gasteiger partial charge in [-0.3, -0.25) is 14.6 Å². The number of nitrogens with zero attached hydrogens (tertiary/aromatic N) is 2. The molecule has 5 heteroatoms. The van der Waals surface area contributed by atoms with Crippen molar-refractivity contribution in [3.05, 3.63) is 30.1 Å². The molecule has 5 nitrogen and oxygen atoms in total. The van der Waals surface area contributed by atoms with Crippen LogP contribution in [0.5, 0.6) is 0 Å². The van der Waals surface area contributed by atoms with Gasteiger partial charge in [0.25, 0.3) is 0 Å². The summed E-state index contributed by atoms with van der Waals surface area (Å²) in [6, 6.07) is 5.61. The van der Waals surface area contributed by atoms with Gasteiger partial charge in [-0.1, -0.05) is 6.07 Å². The van der Waals surface area contributed by atoms with Crippen molar-refractivity contribution in [2.75, 3.05) is 13.1 Å². The summed E-state index contributed by atoms with van der Waals surface area (Å²) in [7, 11) is 0. The molecule has 2 aliphatic rings. The van der Waals surface area contributed by atoms with Crippen LogP contribution in [0, 0.1) is 0 Å². The first kappa shape index (κ1) is 13.1. The van der Waals surface area contributed by atoms with E-state index >= 15 is 0 Å². The molecule has 2 amide bonds. The van der Waals surface area contributed by atoms with Gasteiger partial charge in [-0.2, -0.15) is 0 Å². The average molecular weight is 273 g/mol. The zero-order chi connectivity index (χ0) is 14.0. The van der Waals surface area contributed by atoms with E-state index < -0.39 is 0 Å². The van der Waals surface area contributed by atoms with Gasteiger partial charge < -0.3 is 10.2 Å². The Hall–Kier alpha value is -1.91. The fourth-order valence-corrected chi connectivity index (χ4v) is 3.19. The molecule has 20 heavy (non-hydrogen) atoms. The second-order valence-electron chi connectivity index (χ2n) is 5.75. The van der Waals surface area contributed by atoms with Crippen molar-refractivity contribution >= 4 is 11.8 Å². The van der Waals surface area contributed by atoms with Crippen LogP contribution in [0.3, 0.4) is 0 Å². The van der Waals surface area contributed by atoms with Crippen molar-refractivity contribution < 1.29 is 9.59 Å². The third-order valence-electron chi connectivity index (χ3n) is 4.22. The van der Waals surface area contributed by atoms with Crippen molar-refractivity contribution in [3.8, 4) is 0 Å². The van der Waals surface area contributed by atoms with Crippen LogP contribution in [0.4, 0.5) is 0 Å². The summed E-state index contributed by atoms with van der Waals surface area (Å²) in [5.41, 5.74) is 0.627. The molecule has 0 aliphatic carbocycles. The van der Waals surface area contributed by atoms with E-state index in [9.17, 15) is 9.59 Å². The van der Waals surface area contributed by atoms with Gasteiger partial charge in [0.05, 0.1) is 12.0 Å². The minimum absolute atomic E-state index is 0.101. The van der Waals surface area contributed by atoms with Crippen LogP contribution in [0.15, 0.2) is 24.4 Å². The van der Waals surface area contributed by atoms with Gasteiger partial charge in [0.1, 0.15) is 0 Å². The van der Waals surface area contributed by atoms with Gasteiger partial charge in [-0.25, -0.2) is 0 Å². The summed E-state index contributed by atoms with van der Waals surface area (Å²) in [5, 5.41) is 3.07. The highest BCUT2D eigenvalue weighted by Gasteiger charge is 2.42. The normalized spacial score (nSPS) is 25.8. The molecule has 2 fully saturated rings. The largest absolute Gasteiger partial charge is 0.349 e. The highest BCUT2D eigenvalue weighted by Crippen LogP contribution is 2.30. The Morgan fingerprint density at radius 1 is 1.40 bits per heavy atom. The van der Waals surface area contributed by atoms with Gasteiger partial charge >= 0.3 is 0 Å². The summed E-state index contributed by atoms with van der Waals surface area (Å²) in [6.07, 6.45) is 5.41. The van der Waals surface area contributed by atoms with E-state index in [-0.39, 0.29) is 17.4 Å². The minimum atomic E-state index is -0.172. The molecule has 3 rings (SSSR count). The predicted octanol–water partition coefficient (Wildman–Crippen LogP) is 0.895. The number of nitrogens with one attached hydrogen (secondary N) is 1. The van der Waals surface area contributed by atoms with Crippen LogP contribution >= 0.6 is 0 Å². The van der Waals surface area contributed by atoms with E-state index in [1.165, 1.54) is 0 Å². The molecule has 0 radical (unpaired) electrons. The molecular weight excluding hydrogens is 254 g/mol. The number of rotatable bonds is 2. The molecule has 106 valence electrons. The van der Waals surface area contributed by atoms with Crippen molar-refractivity contribution in [2.24, 2.45) is 0 Å². The lowest BCUT2D eigenvalue weighted by Crippen LogP contribution is -2.56. The van der Waals surface area contributed by atoms with Crippen molar-refractivity contribution in [1.82, 2.24) is 15.2 Å². The Balaban J connectivity index is 1.65. The fraction of sp³-hybridized carbons (Fsp3) is 0.533.